The third-order valence-electron chi connectivity index (χ3n) is 2.49. The van der Waals surface area contributed by atoms with Gasteiger partial charge in [0.25, 0.3) is 0 Å². The Kier molecular flexibility index (Phi) is 2.50. The summed E-state index contributed by atoms with van der Waals surface area (Å²) in [6.45, 7) is 3.17. The minimum Gasteiger partial charge on any atom is -0.353 e. The van der Waals surface area contributed by atoms with E-state index in [0.29, 0.717) is 13.1 Å². The molecule has 2 rings (SSSR count). The highest BCUT2D eigenvalue weighted by Crippen LogP contribution is 2.14. The lowest BCUT2D eigenvalue weighted by Gasteiger charge is -2.24. The molecule has 0 aliphatic carbocycles. The maximum absolute atomic E-state index is 10.9. The van der Waals surface area contributed by atoms with Gasteiger partial charge in [-0.3, -0.25) is 10.1 Å². The molecule has 1 fully saturated rings. The fourth-order valence-corrected chi connectivity index (χ4v) is 1.60. The van der Waals surface area contributed by atoms with Crippen LogP contribution < -0.4 is 10.6 Å². The van der Waals surface area contributed by atoms with Crippen molar-refractivity contribution in [3.63, 3.8) is 0 Å². The van der Waals surface area contributed by atoms with Crippen LogP contribution in [0.2, 0.25) is 0 Å². The molecule has 1 atom stereocenters. The summed E-state index contributed by atoms with van der Waals surface area (Å²) < 4.78 is 0. The second kappa shape index (κ2) is 3.80. The predicted molar refractivity (Wildman–Crippen MR) is 54.9 cm³/mol. The maximum Gasteiger partial charge on any atom is 0.234 e. The summed E-state index contributed by atoms with van der Waals surface area (Å²) in [7, 11) is 0. The Balaban J connectivity index is 2.08. The molecule has 1 saturated heterocycles. The fourth-order valence-electron chi connectivity index (χ4n) is 1.60. The number of amides is 1. The Labute approximate surface area is 83.5 Å². The Morgan fingerprint density at radius 2 is 2.00 bits per heavy atom. The molecule has 1 aliphatic rings. The van der Waals surface area contributed by atoms with Gasteiger partial charge in [-0.25, -0.2) is 0 Å². The molecule has 3 heteroatoms. The third kappa shape index (κ3) is 1.93. The Morgan fingerprint density at radius 1 is 1.29 bits per heavy atom. The number of piperazine rings is 1. The van der Waals surface area contributed by atoms with Crippen molar-refractivity contribution in [3.05, 3.63) is 35.4 Å². The molecule has 0 spiro atoms. The monoisotopic (exact) mass is 190 g/mol. The molecule has 1 heterocycles. The summed E-state index contributed by atoms with van der Waals surface area (Å²) in [6, 6.07) is 8.64. The van der Waals surface area contributed by atoms with Gasteiger partial charge in [0.1, 0.15) is 0 Å². The second-order valence-electron chi connectivity index (χ2n) is 3.65. The molecule has 74 valence electrons. The average Bonchev–Trinajstić information content (AvgIpc) is 2.21. The topological polar surface area (TPSA) is 41.1 Å². The first-order chi connectivity index (χ1) is 6.75. The highest BCUT2D eigenvalue weighted by Gasteiger charge is 2.17. The average molecular weight is 190 g/mol. The number of benzene rings is 1. The fraction of sp³-hybridized carbons (Fsp3) is 0.364. The third-order valence-corrected chi connectivity index (χ3v) is 2.49. The van der Waals surface area contributed by atoms with Crippen LogP contribution in [0.25, 0.3) is 0 Å². The van der Waals surface area contributed by atoms with Gasteiger partial charge in [-0.05, 0) is 12.5 Å². The number of hydrogen-bond acceptors (Lipinski definition) is 2. The molecule has 1 aromatic rings. The summed E-state index contributed by atoms with van der Waals surface area (Å²) >= 11 is 0. The van der Waals surface area contributed by atoms with Crippen molar-refractivity contribution in [1.29, 1.82) is 0 Å². The van der Waals surface area contributed by atoms with Crippen molar-refractivity contribution >= 4 is 5.91 Å². The van der Waals surface area contributed by atoms with E-state index in [-0.39, 0.29) is 11.9 Å². The van der Waals surface area contributed by atoms with E-state index in [1.165, 1.54) is 11.1 Å². The molecule has 1 aromatic carbocycles. The van der Waals surface area contributed by atoms with E-state index in [9.17, 15) is 4.79 Å². The maximum atomic E-state index is 10.9. The van der Waals surface area contributed by atoms with Crippen LogP contribution in [-0.4, -0.2) is 19.0 Å². The highest BCUT2D eigenvalue weighted by molar-refractivity contribution is 5.78. The minimum atomic E-state index is 0.0772. The second-order valence-corrected chi connectivity index (χ2v) is 3.65. The van der Waals surface area contributed by atoms with Crippen LogP contribution in [0.4, 0.5) is 0 Å². The van der Waals surface area contributed by atoms with Crippen molar-refractivity contribution in [1.82, 2.24) is 10.6 Å². The molecule has 14 heavy (non-hydrogen) atoms. The molecule has 0 saturated carbocycles. The summed E-state index contributed by atoms with van der Waals surface area (Å²) in [4.78, 5) is 10.9. The minimum absolute atomic E-state index is 0.0772. The van der Waals surface area contributed by atoms with Crippen LogP contribution in [0.3, 0.4) is 0 Å². The van der Waals surface area contributed by atoms with Gasteiger partial charge < -0.3 is 5.32 Å². The van der Waals surface area contributed by atoms with Crippen LogP contribution in [0.15, 0.2) is 24.3 Å². The zero-order valence-electron chi connectivity index (χ0n) is 8.21. The number of aryl methyl sites for hydroxylation is 1. The van der Waals surface area contributed by atoms with E-state index < -0.39 is 0 Å². The normalized spacial score (nSPS) is 21.8. The summed E-state index contributed by atoms with van der Waals surface area (Å²) in [5.74, 6) is 0.0772. The molecule has 2 N–H and O–H groups in total. The van der Waals surface area contributed by atoms with Crippen molar-refractivity contribution in [2.45, 2.75) is 13.0 Å². The zero-order valence-corrected chi connectivity index (χ0v) is 8.21. The first-order valence-corrected chi connectivity index (χ1v) is 4.82. The van der Waals surface area contributed by atoms with Crippen LogP contribution in [-0.2, 0) is 4.79 Å². The van der Waals surface area contributed by atoms with Gasteiger partial charge in [-0.2, -0.15) is 0 Å². The van der Waals surface area contributed by atoms with Gasteiger partial charge in [0, 0.05) is 6.54 Å². The van der Waals surface area contributed by atoms with Crippen LogP contribution >= 0.6 is 0 Å². The van der Waals surface area contributed by atoms with Gasteiger partial charge in [-0.15, -0.1) is 0 Å². The first kappa shape index (κ1) is 9.21. The lowest BCUT2D eigenvalue weighted by Crippen LogP contribution is -2.46. The number of nitrogens with one attached hydrogen (secondary N) is 2. The predicted octanol–water partition coefficient (Wildman–Crippen LogP) is 0.756. The quantitative estimate of drug-likeness (QED) is 0.686. The molecule has 1 unspecified atom stereocenters. The number of rotatable bonds is 1. The highest BCUT2D eigenvalue weighted by atomic mass is 16.2. The van der Waals surface area contributed by atoms with Gasteiger partial charge >= 0.3 is 0 Å². The van der Waals surface area contributed by atoms with E-state index in [1.54, 1.807) is 0 Å². The largest absolute Gasteiger partial charge is 0.353 e. The molecule has 0 bridgehead atoms. The molecule has 3 nitrogen and oxygen atoms in total. The zero-order chi connectivity index (χ0) is 9.97. The molecular formula is C11H14N2O. The van der Waals surface area contributed by atoms with Gasteiger partial charge in [-0.1, -0.05) is 29.8 Å². The summed E-state index contributed by atoms with van der Waals surface area (Å²) in [6.07, 6.45) is 0. The van der Waals surface area contributed by atoms with Gasteiger partial charge in [0.05, 0.1) is 12.6 Å². The number of carbonyl (C=O) groups is 1. The molecule has 1 aliphatic heterocycles. The van der Waals surface area contributed by atoms with Crippen molar-refractivity contribution < 1.29 is 4.79 Å². The molecule has 0 aromatic heterocycles. The van der Waals surface area contributed by atoms with Crippen LogP contribution in [0.1, 0.15) is 17.2 Å². The van der Waals surface area contributed by atoms with Gasteiger partial charge in [0.15, 0.2) is 0 Å². The van der Waals surface area contributed by atoms with Crippen molar-refractivity contribution in [2.75, 3.05) is 13.1 Å². The Hall–Kier alpha value is -1.35. The number of carbonyl (C=O) groups excluding carboxylic acids is 1. The summed E-state index contributed by atoms with van der Waals surface area (Å²) in [5.41, 5.74) is 2.49. The van der Waals surface area contributed by atoms with E-state index in [0.717, 1.165) is 0 Å². The molecule has 0 radical (unpaired) electrons. The number of hydrogen-bond donors (Lipinski definition) is 2. The van der Waals surface area contributed by atoms with Gasteiger partial charge in [0.2, 0.25) is 5.91 Å². The van der Waals surface area contributed by atoms with E-state index in [2.05, 4.69) is 41.8 Å². The van der Waals surface area contributed by atoms with Crippen LogP contribution in [0, 0.1) is 6.92 Å². The molecular weight excluding hydrogens is 176 g/mol. The molecule has 1 amide bonds. The standard InChI is InChI=1S/C11H14N2O/c1-8-2-4-9(5-3-8)10-6-13-11(14)7-12-10/h2-5,10,12H,6-7H2,1H3,(H,13,14). The SMILES string of the molecule is Cc1ccc(C2CNC(=O)CN2)cc1. The lowest BCUT2D eigenvalue weighted by atomic mass is 10.0. The first-order valence-electron chi connectivity index (χ1n) is 4.82. The summed E-state index contributed by atoms with van der Waals surface area (Å²) in [5, 5.41) is 6.04. The lowest BCUT2D eigenvalue weighted by molar-refractivity contribution is -0.121. The smallest absolute Gasteiger partial charge is 0.234 e. The van der Waals surface area contributed by atoms with E-state index >= 15 is 0 Å². The Bertz CT molecular complexity index is 322. The van der Waals surface area contributed by atoms with E-state index in [1.807, 2.05) is 0 Å². The van der Waals surface area contributed by atoms with Crippen molar-refractivity contribution in [2.24, 2.45) is 0 Å². The Morgan fingerprint density at radius 3 is 2.57 bits per heavy atom. The van der Waals surface area contributed by atoms with Crippen molar-refractivity contribution in [3.8, 4) is 0 Å². The van der Waals surface area contributed by atoms with Crippen LogP contribution in [0.5, 0.6) is 0 Å². The van der Waals surface area contributed by atoms with E-state index in [4.69, 9.17) is 0 Å².